The van der Waals surface area contributed by atoms with Crippen LogP contribution in [0.15, 0.2) is 77.2 Å². The Kier molecular flexibility index (Phi) is 4.10. The second-order valence-electron chi connectivity index (χ2n) is 7.26. The molecule has 5 rings (SSSR count). The Bertz CT molecular complexity index is 1180. The summed E-state index contributed by atoms with van der Waals surface area (Å²) in [5.41, 5.74) is 4.97. The van der Waals surface area contributed by atoms with Gasteiger partial charge in [0.05, 0.1) is 6.10 Å². The van der Waals surface area contributed by atoms with E-state index in [1.807, 2.05) is 49.4 Å². The van der Waals surface area contributed by atoms with Crippen molar-refractivity contribution in [1.82, 2.24) is 4.98 Å². The van der Waals surface area contributed by atoms with Gasteiger partial charge in [-0.3, -0.25) is 0 Å². The van der Waals surface area contributed by atoms with Crippen molar-refractivity contribution in [2.24, 2.45) is 0 Å². The molecule has 138 valence electrons. The largest absolute Gasteiger partial charge is 0.441 e. The molecule has 0 radical (unpaired) electrons. The second-order valence-corrected chi connectivity index (χ2v) is 7.26. The van der Waals surface area contributed by atoms with Gasteiger partial charge in [0, 0.05) is 5.56 Å². The van der Waals surface area contributed by atoms with Crippen molar-refractivity contribution in [1.29, 1.82) is 0 Å². The number of hydrogen-bond donors (Lipinski definition) is 1. The van der Waals surface area contributed by atoms with Gasteiger partial charge in [-0.25, -0.2) is 4.98 Å². The van der Waals surface area contributed by atoms with Gasteiger partial charge >= 0.3 is 0 Å². The zero-order valence-electron chi connectivity index (χ0n) is 15.7. The van der Waals surface area contributed by atoms with Crippen LogP contribution in [-0.4, -0.2) is 16.2 Å². The maximum atomic E-state index is 10.8. The normalized spacial score (nSPS) is 16.9. The van der Waals surface area contributed by atoms with E-state index in [2.05, 4.69) is 30.3 Å². The molecule has 1 aromatic heterocycles. The summed E-state index contributed by atoms with van der Waals surface area (Å²) in [5, 5.41) is 13.2. The number of aliphatic hydroxyl groups is 1. The summed E-state index contributed by atoms with van der Waals surface area (Å²) in [7, 11) is 0. The number of hydrogen-bond acceptors (Lipinski definition) is 3. The number of benzene rings is 3. The van der Waals surface area contributed by atoms with E-state index in [1.54, 1.807) is 0 Å². The summed E-state index contributed by atoms with van der Waals surface area (Å²) in [4.78, 5) is 4.82. The molecule has 0 amide bonds. The highest BCUT2D eigenvalue weighted by atomic mass is 16.4. The van der Waals surface area contributed by atoms with Crippen LogP contribution in [0.1, 0.15) is 29.9 Å². The van der Waals surface area contributed by atoms with Gasteiger partial charge in [0.1, 0.15) is 11.5 Å². The summed E-state index contributed by atoms with van der Waals surface area (Å²) in [6, 6.07) is 24.5. The van der Waals surface area contributed by atoms with Crippen LogP contribution in [0.4, 0.5) is 0 Å². The molecule has 0 aliphatic heterocycles. The first-order valence-corrected chi connectivity index (χ1v) is 9.65. The lowest BCUT2D eigenvalue weighted by atomic mass is 9.93. The monoisotopic (exact) mass is 367 g/mol. The first-order valence-electron chi connectivity index (χ1n) is 9.65. The molecule has 0 saturated heterocycles. The molecule has 0 fully saturated rings. The predicted octanol–water partition coefficient (Wildman–Crippen LogP) is 5.87. The lowest BCUT2D eigenvalue weighted by molar-refractivity contribution is 0.231. The number of nitrogens with zero attached hydrogens (tertiary/aromatic N) is 1. The van der Waals surface area contributed by atoms with Crippen molar-refractivity contribution in [2.45, 2.75) is 25.9 Å². The van der Waals surface area contributed by atoms with Crippen molar-refractivity contribution < 1.29 is 9.52 Å². The standard InChI is InChI=1S/C25H21NO2/c1-16-24(26-25(28-16)18-9-3-2-4-10-18)21-14-15-22(27)23(21)20-13-7-11-17-8-5-6-12-19(17)20/h2-13,22,27H,14-15H2,1H3. The number of rotatable bonds is 3. The Morgan fingerprint density at radius 3 is 2.54 bits per heavy atom. The molecule has 0 spiro atoms. The molecular formula is C25H21NO2. The SMILES string of the molecule is Cc1oc(-c2ccccc2)nc1C1=C(c2cccc3ccccc23)C(O)CC1. The number of aryl methyl sites for hydroxylation is 1. The van der Waals surface area contributed by atoms with E-state index in [0.717, 1.165) is 45.5 Å². The minimum atomic E-state index is -0.489. The summed E-state index contributed by atoms with van der Waals surface area (Å²) >= 11 is 0. The third kappa shape index (κ3) is 2.76. The van der Waals surface area contributed by atoms with Crippen molar-refractivity contribution in [3.8, 4) is 11.5 Å². The maximum absolute atomic E-state index is 10.8. The highest BCUT2D eigenvalue weighted by Crippen LogP contribution is 2.43. The number of oxazole rings is 1. The van der Waals surface area contributed by atoms with E-state index in [0.29, 0.717) is 12.3 Å². The molecule has 1 unspecified atom stereocenters. The number of allylic oxidation sites excluding steroid dienone is 1. The highest BCUT2D eigenvalue weighted by molar-refractivity contribution is 6.03. The van der Waals surface area contributed by atoms with Crippen LogP contribution in [-0.2, 0) is 0 Å². The van der Waals surface area contributed by atoms with E-state index < -0.39 is 6.10 Å². The van der Waals surface area contributed by atoms with Gasteiger partial charge in [0.15, 0.2) is 0 Å². The Labute approximate surface area is 164 Å². The molecule has 3 heteroatoms. The van der Waals surface area contributed by atoms with Gasteiger partial charge in [-0.1, -0.05) is 60.7 Å². The van der Waals surface area contributed by atoms with Crippen LogP contribution in [0.3, 0.4) is 0 Å². The Morgan fingerprint density at radius 1 is 0.929 bits per heavy atom. The Morgan fingerprint density at radius 2 is 1.68 bits per heavy atom. The molecular weight excluding hydrogens is 346 g/mol. The molecule has 1 heterocycles. The molecule has 0 bridgehead atoms. The van der Waals surface area contributed by atoms with Gasteiger partial charge in [-0.2, -0.15) is 0 Å². The highest BCUT2D eigenvalue weighted by Gasteiger charge is 2.30. The molecule has 1 aliphatic carbocycles. The smallest absolute Gasteiger partial charge is 0.226 e. The molecule has 1 N–H and O–H groups in total. The van der Waals surface area contributed by atoms with Crippen molar-refractivity contribution >= 4 is 21.9 Å². The molecule has 4 aromatic rings. The maximum Gasteiger partial charge on any atom is 0.226 e. The fraction of sp³-hybridized carbons (Fsp3) is 0.160. The second kappa shape index (κ2) is 6.77. The molecule has 3 aromatic carbocycles. The van der Waals surface area contributed by atoms with E-state index in [1.165, 1.54) is 5.39 Å². The summed E-state index contributed by atoms with van der Waals surface area (Å²) in [6.07, 6.45) is 1.01. The van der Waals surface area contributed by atoms with E-state index in [4.69, 9.17) is 9.40 Å². The molecule has 28 heavy (non-hydrogen) atoms. The summed E-state index contributed by atoms with van der Waals surface area (Å²) in [5.74, 6) is 1.42. The Hall–Kier alpha value is -3.17. The minimum Gasteiger partial charge on any atom is -0.441 e. The topological polar surface area (TPSA) is 46.3 Å². The van der Waals surface area contributed by atoms with E-state index in [9.17, 15) is 5.11 Å². The van der Waals surface area contributed by atoms with Crippen LogP contribution in [0.25, 0.3) is 33.4 Å². The average Bonchev–Trinajstić information content (AvgIpc) is 3.30. The minimum absolute atomic E-state index is 0.489. The number of aromatic nitrogens is 1. The van der Waals surface area contributed by atoms with Gasteiger partial charge in [0.25, 0.3) is 0 Å². The summed E-state index contributed by atoms with van der Waals surface area (Å²) < 4.78 is 5.99. The third-order valence-electron chi connectivity index (χ3n) is 5.51. The van der Waals surface area contributed by atoms with Gasteiger partial charge in [-0.15, -0.1) is 0 Å². The zero-order valence-corrected chi connectivity index (χ0v) is 15.7. The van der Waals surface area contributed by atoms with Crippen LogP contribution >= 0.6 is 0 Å². The summed E-state index contributed by atoms with van der Waals surface area (Å²) in [6.45, 7) is 1.95. The van der Waals surface area contributed by atoms with Crippen molar-refractivity contribution in [3.63, 3.8) is 0 Å². The van der Waals surface area contributed by atoms with Gasteiger partial charge in [-0.05, 0) is 59.4 Å². The quantitative estimate of drug-likeness (QED) is 0.493. The molecule has 3 nitrogen and oxygen atoms in total. The number of aliphatic hydroxyl groups excluding tert-OH is 1. The van der Waals surface area contributed by atoms with Gasteiger partial charge in [0.2, 0.25) is 5.89 Å². The van der Waals surface area contributed by atoms with E-state index in [-0.39, 0.29) is 0 Å². The van der Waals surface area contributed by atoms with Crippen LogP contribution in [0.2, 0.25) is 0 Å². The average molecular weight is 367 g/mol. The fourth-order valence-electron chi connectivity index (χ4n) is 4.19. The first-order chi connectivity index (χ1) is 13.7. The molecule has 0 saturated carbocycles. The molecule has 1 atom stereocenters. The lowest BCUT2D eigenvalue weighted by Crippen LogP contribution is -2.04. The first kappa shape index (κ1) is 17.0. The number of fused-ring (bicyclic) bond motifs is 1. The van der Waals surface area contributed by atoms with Crippen molar-refractivity contribution in [3.05, 3.63) is 89.8 Å². The van der Waals surface area contributed by atoms with E-state index >= 15 is 0 Å². The predicted molar refractivity (Wildman–Crippen MR) is 113 cm³/mol. The van der Waals surface area contributed by atoms with Crippen LogP contribution in [0, 0.1) is 6.92 Å². The molecule has 1 aliphatic rings. The van der Waals surface area contributed by atoms with Crippen LogP contribution < -0.4 is 0 Å². The fourth-order valence-corrected chi connectivity index (χ4v) is 4.19. The Balaban J connectivity index is 1.70. The lowest BCUT2D eigenvalue weighted by Gasteiger charge is -2.13. The van der Waals surface area contributed by atoms with Gasteiger partial charge < -0.3 is 9.52 Å². The third-order valence-corrected chi connectivity index (χ3v) is 5.51. The van der Waals surface area contributed by atoms with Crippen molar-refractivity contribution in [2.75, 3.05) is 0 Å². The zero-order chi connectivity index (χ0) is 19.1. The van der Waals surface area contributed by atoms with Crippen LogP contribution in [0.5, 0.6) is 0 Å².